The van der Waals surface area contributed by atoms with Gasteiger partial charge in [-0.3, -0.25) is 9.59 Å². The number of esters is 1. The molecule has 346 valence electrons. The van der Waals surface area contributed by atoms with Gasteiger partial charge in [-0.2, -0.15) is 0 Å². The molecule has 6 nitrogen and oxygen atoms in total. The van der Waals surface area contributed by atoms with E-state index in [9.17, 15) is 19.8 Å². The minimum atomic E-state index is -0.664. The van der Waals surface area contributed by atoms with Gasteiger partial charge in [0, 0.05) is 12.8 Å². The molecular weight excluding hydrogens is 719 g/mol. The van der Waals surface area contributed by atoms with Gasteiger partial charge in [0.15, 0.2) is 0 Å². The summed E-state index contributed by atoms with van der Waals surface area (Å²) in [5, 5.41) is 23.1. The second-order valence-corrected chi connectivity index (χ2v) is 18.2. The maximum atomic E-state index is 12.4. The molecule has 0 aliphatic carbocycles. The van der Waals surface area contributed by atoms with E-state index in [-0.39, 0.29) is 18.5 Å². The van der Waals surface area contributed by atoms with E-state index in [1.807, 2.05) is 0 Å². The Balaban J connectivity index is 3.38. The van der Waals surface area contributed by atoms with Crippen molar-refractivity contribution in [3.63, 3.8) is 0 Å². The third-order valence-electron chi connectivity index (χ3n) is 12.4. The number of ether oxygens (including phenoxy) is 1. The fourth-order valence-corrected chi connectivity index (χ4v) is 8.35. The van der Waals surface area contributed by atoms with Gasteiger partial charge >= 0.3 is 5.97 Å². The fourth-order valence-electron chi connectivity index (χ4n) is 8.35. The number of nitrogens with one attached hydrogen (secondary N) is 1. The molecule has 0 heterocycles. The molecule has 0 aliphatic heterocycles. The summed E-state index contributed by atoms with van der Waals surface area (Å²) in [6.07, 6.45) is 53.6. The highest BCUT2D eigenvalue weighted by atomic mass is 16.5. The quantitative estimate of drug-likeness (QED) is 0.0420. The highest BCUT2D eigenvalue weighted by molar-refractivity contribution is 5.76. The largest absolute Gasteiger partial charge is 0.466 e. The lowest BCUT2D eigenvalue weighted by atomic mass is 10.0. The smallest absolute Gasteiger partial charge is 0.305 e. The van der Waals surface area contributed by atoms with E-state index in [1.54, 1.807) is 0 Å². The van der Waals surface area contributed by atoms with Gasteiger partial charge in [0.25, 0.3) is 0 Å². The molecule has 0 rings (SSSR count). The highest BCUT2D eigenvalue weighted by Gasteiger charge is 2.20. The van der Waals surface area contributed by atoms with Crippen LogP contribution in [0.15, 0.2) is 0 Å². The Morgan fingerprint density at radius 1 is 0.414 bits per heavy atom. The summed E-state index contributed by atoms with van der Waals surface area (Å²) in [5.41, 5.74) is 0. The van der Waals surface area contributed by atoms with Gasteiger partial charge in [0.1, 0.15) is 0 Å². The first-order valence-corrected chi connectivity index (χ1v) is 26.3. The maximum absolute atomic E-state index is 12.4. The lowest BCUT2D eigenvalue weighted by Crippen LogP contribution is -2.45. The van der Waals surface area contributed by atoms with E-state index in [2.05, 4.69) is 19.2 Å². The predicted octanol–water partition coefficient (Wildman–Crippen LogP) is 15.6. The molecule has 0 aliphatic rings. The molecule has 0 saturated carbocycles. The molecular formula is C52H103NO5. The van der Waals surface area contributed by atoms with E-state index in [0.29, 0.717) is 25.9 Å². The molecule has 58 heavy (non-hydrogen) atoms. The van der Waals surface area contributed by atoms with Crippen molar-refractivity contribution in [3.05, 3.63) is 0 Å². The van der Waals surface area contributed by atoms with Gasteiger partial charge in [-0.25, -0.2) is 0 Å². The van der Waals surface area contributed by atoms with E-state index >= 15 is 0 Å². The molecule has 0 aromatic carbocycles. The standard InChI is InChI=1S/C52H103NO5/c1-3-5-7-9-11-13-15-21-26-30-34-38-42-46-52(57)58-47-43-39-35-31-27-23-20-18-16-17-19-22-25-29-33-37-41-45-51(56)53-49(48-54)50(55)44-40-36-32-28-24-14-12-10-8-6-4-2/h49-50,54-55H,3-48H2,1-2H3,(H,53,56). The number of amides is 1. The van der Waals surface area contributed by atoms with Crippen LogP contribution in [-0.2, 0) is 14.3 Å². The van der Waals surface area contributed by atoms with Crippen LogP contribution in [0.4, 0.5) is 0 Å². The van der Waals surface area contributed by atoms with Crippen LogP contribution < -0.4 is 5.32 Å². The molecule has 0 saturated heterocycles. The molecule has 0 aromatic heterocycles. The van der Waals surface area contributed by atoms with Crippen molar-refractivity contribution in [3.8, 4) is 0 Å². The van der Waals surface area contributed by atoms with Gasteiger partial charge in [0.05, 0.1) is 25.4 Å². The zero-order valence-corrected chi connectivity index (χ0v) is 39.3. The number of unbranched alkanes of at least 4 members (excludes halogenated alkanes) is 38. The minimum Gasteiger partial charge on any atom is -0.466 e. The Morgan fingerprint density at radius 3 is 1.05 bits per heavy atom. The van der Waals surface area contributed by atoms with Crippen LogP contribution in [0, 0.1) is 0 Å². The number of hydrogen-bond acceptors (Lipinski definition) is 5. The number of aliphatic hydroxyl groups excluding tert-OH is 2. The lowest BCUT2D eigenvalue weighted by molar-refractivity contribution is -0.143. The molecule has 6 heteroatoms. The summed E-state index contributed by atoms with van der Waals surface area (Å²) in [4.78, 5) is 24.4. The van der Waals surface area contributed by atoms with Crippen molar-refractivity contribution in [2.75, 3.05) is 13.2 Å². The second-order valence-electron chi connectivity index (χ2n) is 18.2. The first-order chi connectivity index (χ1) is 28.5. The van der Waals surface area contributed by atoms with E-state index in [1.165, 1.54) is 225 Å². The second kappa shape index (κ2) is 48.5. The Hall–Kier alpha value is -1.14. The zero-order valence-electron chi connectivity index (χ0n) is 39.3. The van der Waals surface area contributed by atoms with Crippen molar-refractivity contribution < 1.29 is 24.5 Å². The monoisotopic (exact) mass is 822 g/mol. The molecule has 0 spiro atoms. The van der Waals surface area contributed by atoms with Gasteiger partial charge in [0.2, 0.25) is 5.91 Å². The molecule has 3 N–H and O–H groups in total. The summed E-state index contributed by atoms with van der Waals surface area (Å²) in [6, 6.07) is -0.542. The average molecular weight is 822 g/mol. The third-order valence-corrected chi connectivity index (χ3v) is 12.4. The van der Waals surface area contributed by atoms with Gasteiger partial charge in [-0.15, -0.1) is 0 Å². The SMILES string of the molecule is CCCCCCCCCCCCCCCC(=O)OCCCCCCCCCCCCCCCCCCCC(=O)NC(CO)C(O)CCCCCCCCCCCCC. The highest BCUT2D eigenvalue weighted by Crippen LogP contribution is 2.17. The van der Waals surface area contributed by atoms with Crippen LogP contribution >= 0.6 is 0 Å². The first-order valence-electron chi connectivity index (χ1n) is 26.3. The van der Waals surface area contributed by atoms with Gasteiger partial charge in [-0.05, 0) is 25.7 Å². The van der Waals surface area contributed by atoms with E-state index in [0.717, 1.165) is 38.5 Å². The molecule has 1 amide bonds. The van der Waals surface area contributed by atoms with Crippen molar-refractivity contribution >= 4 is 11.9 Å². The molecule has 0 radical (unpaired) electrons. The Labute approximate surface area is 362 Å². The van der Waals surface area contributed by atoms with Crippen LogP contribution in [0.2, 0.25) is 0 Å². The van der Waals surface area contributed by atoms with Crippen molar-refractivity contribution in [1.82, 2.24) is 5.32 Å². The summed E-state index contributed by atoms with van der Waals surface area (Å²) in [5.74, 6) is -0.0328. The normalized spacial score (nSPS) is 12.6. The molecule has 2 atom stereocenters. The first kappa shape index (κ1) is 56.9. The maximum Gasteiger partial charge on any atom is 0.305 e. The molecule has 2 unspecified atom stereocenters. The molecule has 0 fully saturated rings. The Morgan fingerprint density at radius 2 is 0.707 bits per heavy atom. The number of hydrogen-bond donors (Lipinski definition) is 3. The van der Waals surface area contributed by atoms with Crippen molar-refractivity contribution in [2.24, 2.45) is 0 Å². The number of carbonyl (C=O) groups excluding carboxylic acids is 2. The Kier molecular flexibility index (Phi) is 47.6. The van der Waals surface area contributed by atoms with E-state index < -0.39 is 12.1 Å². The number of carbonyl (C=O) groups is 2. The zero-order chi connectivity index (χ0) is 42.3. The van der Waals surface area contributed by atoms with Crippen LogP contribution in [0.25, 0.3) is 0 Å². The number of rotatable bonds is 49. The molecule has 0 bridgehead atoms. The summed E-state index contributed by atoms with van der Waals surface area (Å²) in [7, 11) is 0. The third kappa shape index (κ3) is 44.4. The van der Waals surface area contributed by atoms with Crippen LogP contribution in [-0.4, -0.2) is 47.4 Å². The average Bonchev–Trinajstić information content (AvgIpc) is 3.22. The number of aliphatic hydroxyl groups is 2. The lowest BCUT2D eigenvalue weighted by Gasteiger charge is -2.22. The molecule has 0 aromatic rings. The summed E-state index contributed by atoms with van der Waals surface area (Å²) >= 11 is 0. The van der Waals surface area contributed by atoms with E-state index in [4.69, 9.17) is 4.74 Å². The predicted molar refractivity (Wildman–Crippen MR) is 250 cm³/mol. The topological polar surface area (TPSA) is 95.9 Å². The van der Waals surface area contributed by atoms with Crippen LogP contribution in [0.3, 0.4) is 0 Å². The Bertz CT molecular complexity index is 822. The summed E-state index contributed by atoms with van der Waals surface area (Å²) < 4.78 is 5.47. The van der Waals surface area contributed by atoms with Crippen molar-refractivity contribution in [1.29, 1.82) is 0 Å². The van der Waals surface area contributed by atoms with Crippen molar-refractivity contribution in [2.45, 2.75) is 309 Å². The minimum absolute atomic E-state index is 0.00727. The fraction of sp³-hybridized carbons (Fsp3) is 0.962. The summed E-state index contributed by atoms with van der Waals surface area (Å²) in [6.45, 7) is 4.94. The van der Waals surface area contributed by atoms with Gasteiger partial charge < -0.3 is 20.3 Å². The van der Waals surface area contributed by atoms with Crippen LogP contribution in [0.1, 0.15) is 296 Å². The van der Waals surface area contributed by atoms with Crippen LogP contribution in [0.5, 0.6) is 0 Å². The van der Waals surface area contributed by atoms with Gasteiger partial charge in [-0.1, -0.05) is 258 Å².